The van der Waals surface area contributed by atoms with Gasteiger partial charge in [0.15, 0.2) is 0 Å². The van der Waals surface area contributed by atoms with E-state index < -0.39 is 73.4 Å². The van der Waals surface area contributed by atoms with Crippen LogP contribution in [0.25, 0.3) is 6.08 Å². The number of halogens is 8. The van der Waals surface area contributed by atoms with Crippen LogP contribution in [-0.4, -0.2) is 49.0 Å². The number of carbonyl (C=O) groups excluding carboxylic acids is 2. The quantitative estimate of drug-likeness (QED) is 0.0763. The van der Waals surface area contributed by atoms with Crippen LogP contribution in [0.2, 0.25) is 0 Å². The van der Waals surface area contributed by atoms with E-state index in [0.717, 1.165) is 13.8 Å². The van der Waals surface area contributed by atoms with Crippen LogP contribution in [0.15, 0.2) is 22.6 Å². The van der Waals surface area contributed by atoms with Crippen LogP contribution in [0.3, 0.4) is 0 Å². The van der Waals surface area contributed by atoms with E-state index in [2.05, 4.69) is 23.8 Å². The Morgan fingerprint density at radius 3 is 2.26 bits per heavy atom. The number of benzene rings is 1. The summed E-state index contributed by atoms with van der Waals surface area (Å²) in [6.07, 6.45) is -11.2. The molecule has 10 nitrogen and oxygen atoms in total. The monoisotopic (exact) mass is 589 g/mol. The van der Waals surface area contributed by atoms with Crippen molar-refractivity contribution in [3.05, 3.63) is 38.9 Å². The zero-order valence-electron chi connectivity index (χ0n) is 19.3. The molecular formula is C19H19F8NO9S. The van der Waals surface area contributed by atoms with Gasteiger partial charge in [-0.3, -0.25) is 0 Å². The van der Waals surface area contributed by atoms with Crippen molar-refractivity contribution in [2.75, 3.05) is 13.2 Å². The molecule has 2 atom stereocenters. The van der Waals surface area contributed by atoms with Crippen LogP contribution in [0.1, 0.15) is 30.9 Å². The second kappa shape index (κ2) is 9.99. The number of hydrogen-bond acceptors (Lipinski definition) is 9. The molecule has 0 fully saturated rings. The minimum Gasteiger partial charge on any atom is -0.475 e. The van der Waals surface area contributed by atoms with Crippen molar-refractivity contribution in [1.29, 1.82) is 0 Å². The third-order valence-electron chi connectivity index (χ3n) is 4.57. The smallest absolute Gasteiger partial charge is 0.475 e. The van der Waals surface area contributed by atoms with Crippen LogP contribution >= 0.6 is 10.2 Å². The molecule has 1 aromatic rings. The summed E-state index contributed by atoms with van der Waals surface area (Å²) in [5, 5.41) is 8.95. The Labute approximate surface area is 208 Å². The molecule has 2 unspecified atom stereocenters. The molecule has 0 amide bonds. The molecule has 0 saturated carbocycles. The lowest BCUT2D eigenvalue weighted by atomic mass is 9.99. The Hall–Kier alpha value is -3.51. The molecule has 1 aliphatic rings. The van der Waals surface area contributed by atoms with Crippen molar-refractivity contribution >= 4 is 28.4 Å². The van der Waals surface area contributed by atoms with Gasteiger partial charge in [0.2, 0.25) is 12.4 Å². The lowest BCUT2D eigenvalue weighted by Gasteiger charge is -2.41. The van der Waals surface area contributed by atoms with E-state index >= 15 is 0 Å². The van der Waals surface area contributed by atoms with Crippen LogP contribution in [0, 0.1) is 17.0 Å². The highest BCUT2D eigenvalue weighted by molar-refractivity contribution is 8.45. The summed E-state index contributed by atoms with van der Waals surface area (Å²) < 4.78 is 125. The summed E-state index contributed by atoms with van der Waals surface area (Å²) in [5.74, 6) is -2.66. The predicted molar refractivity (Wildman–Crippen MR) is 111 cm³/mol. The number of unbranched alkanes of at least 4 members (excludes halogenated alkanes) is 1. The van der Waals surface area contributed by atoms with Crippen molar-refractivity contribution in [3.63, 3.8) is 0 Å². The van der Waals surface area contributed by atoms with Gasteiger partial charge < -0.3 is 23.8 Å². The van der Waals surface area contributed by atoms with Crippen molar-refractivity contribution in [1.82, 2.24) is 0 Å². The maximum absolute atomic E-state index is 13.6. The number of hydrogen-bond donors (Lipinski definition) is 0. The zero-order chi connectivity index (χ0) is 29.2. The number of nitrogens with zero attached hydrogens (tertiary/aromatic N) is 1. The Morgan fingerprint density at radius 2 is 1.71 bits per heavy atom. The van der Waals surface area contributed by atoms with E-state index in [1.54, 1.807) is 0 Å². The van der Waals surface area contributed by atoms with Crippen molar-refractivity contribution in [3.8, 4) is 5.75 Å². The number of alkyl halides is 3. The molecule has 2 rings (SSSR count). The molecule has 0 aliphatic carbocycles. The van der Waals surface area contributed by atoms with Crippen LogP contribution in [0.5, 0.6) is 5.75 Å². The number of carbonyl (C=O) groups is 2. The fourth-order valence-electron chi connectivity index (χ4n) is 3.00. The minimum absolute atomic E-state index is 0.0676. The molecular weight excluding hydrogens is 570 g/mol. The average Bonchev–Trinajstić information content (AvgIpc) is 2.72. The lowest BCUT2D eigenvalue weighted by molar-refractivity contribution is -0.757. The molecule has 0 radical (unpaired) electrons. The van der Waals surface area contributed by atoms with E-state index in [-0.39, 0.29) is 44.3 Å². The molecule has 0 spiro atoms. The first-order valence-corrected chi connectivity index (χ1v) is 12.2. The van der Waals surface area contributed by atoms with E-state index in [0.29, 0.717) is 0 Å². The van der Waals surface area contributed by atoms with Crippen LogP contribution in [0.4, 0.5) is 37.4 Å². The molecule has 38 heavy (non-hydrogen) atoms. The van der Waals surface area contributed by atoms with Crippen LogP contribution < -0.4 is 4.74 Å². The maximum Gasteiger partial charge on any atom is 0.511 e. The highest BCUT2D eigenvalue weighted by Gasteiger charge is 2.65. The summed E-state index contributed by atoms with van der Waals surface area (Å²) in [4.78, 5) is 35.6. The van der Waals surface area contributed by atoms with Gasteiger partial charge in [0.05, 0.1) is 18.8 Å². The van der Waals surface area contributed by atoms with Crippen molar-refractivity contribution in [2.24, 2.45) is 0 Å². The van der Waals surface area contributed by atoms with E-state index in [1.165, 1.54) is 0 Å². The second-order valence-electron chi connectivity index (χ2n) is 7.72. The number of aryl methyl sites for hydroxylation is 1. The first-order valence-electron chi connectivity index (χ1n) is 10.2. The highest BCUT2D eigenvalue weighted by Crippen LogP contribution is 3.02. The molecule has 0 N–H and O–H groups in total. The van der Waals surface area contributed by atoms with Gasteiger partial charge in [0.25, 0.3) is 5.09 Å². The minimum atomic E-state index is -10.2. The second-order valence-corrected chi connectivity index (χ2v) is 10.1. The fraction of sp³-hybridized carbons (Fsp3) is 0.474. The number of fused-ring (bicyclic) bond motifs is 1. The SMILES string of the molecule is Cc1cc(S(F)(F)(F)(F)F)cc2c1OC(C(F)(F)F)C(C(=O)OC(C)OC(=O)OCCCCO[N+](=O)[O-])=C2. The van der Waals surface area contributed by atoms with Gasteiger partial charge in [-0.05, 0) is 43.5 Å². The molecule has 1 aromatic carbocycles. The van der Waals surface area contributed by atoms with Gasteiger partial charge in [0.1, 0.15) is 10.6 Å². The van der Waals surface area contributed by atoms with E-state index in [1.807, 2.05) is 0 Å². The summed E-state index contributed by atoms with van der Waals surface area (Å²) >= 11 is 0. The Balaban J connectivity index is 2.18. The Bertz CT molecular complexity index is 1140. The zero-order valence-corrected chi connectivity index (χ0v) is 20.1. The summed E-state index contributed by atoms with van der Waals surface area (Å²) in [6, 6.07) is -0.223. The Morgan fingerprint density at radius 1 is 1.11 bits per heavy atom. The first-order chi connectivity index (χ1) is 17.1. The molecule has 0 aromatic heterocycles. The fourth-order valence-corrected chi connectivity index (χ4v) is 3.75. The standard InChI is InChI=1S/C19H19F8NO9S/c1-10-7-13(38(23,24,25,26)27)8-12-9-14(16(19(20,21)22)37-15(10)12)17(29)35-11(2)36-18(30)33-5-3-4-6-34-28(31)32/h7-9,11,16H,3-6H2,1-2H3. The summed E-state index contributed by atoms with van der Waals surface area (Å²) in [5.41, 5.74) is -3.00. The molecule has 216 valence electrons. The largest absolute Gasteiger partial charge is 0.511 e. The van der Waals surface area contributed by atoms with Gasteiger partial charge in [-0.1, -0.05) is 19.4 Å². The third-order valence-corrected chi connectivity index (χ3v) is 5.70. The molecule has 0 bridgehead atoms. The van der Waals surface area contributed by atoms with Gasteiger partial charge >= 0.3 is 28.5 Å². The normalized spacial score (nSPS) is 17.9. The number of ether oxygens (including phenoxy) is 4. The topological polar surface area (TPSA) is 123 Å². The summed E-state index contributed by atoms with van der Waals surface area (Å²) in [7, 11) is -10.2. The number of rotatable bonds is 10. The first kappa shape index (κ1) is 30.7. The van der Waals surface area contributed by atoms with Gasteiger partial charge in [-0.2, -0.15) is 13.2 Å². The summed E-state index contributed by atoms with van der Waals surface area (Å²) in [6.45, 7) is 1.10. The predicted octanol–water partition coefficient (Wildman–Crippen LogP) is 6.39. The number of esters is 1. The molecule has 0 saturated heterocycles. The van der Waals surface area contributed by atoms with Gasteiger partial charge in [-0.25, -0.2) is 9.59 Å². The van der Waals surface area contributed by atoms with Crippen LogP contribution in [-0.2, 0) is 23.8 Å². The molecule has 1 aliphatic heterocycles. The third kappa shape index (κ3) is 8.52. The molecule has 19 heteroatoms. The van der Waals surface area contributed by atoms with E-state index in [4.69, 9.17) is 0 Å². The van der Waals surface area contributed by atoms with Gasteiger partial charge in [-0.15, -0.1) is 10.1 Å². The van der Waals surface area contributed by atoms with Crippen molar-refractivity contribution in [2.45, 2.75) is 50.2 Å². The average molecular weight is 589 g/mol. The lowest BCUT2D eigenvalue weighted by Crippen LogP contribution is -2.41. The highest BCUT2D eigenvalue weighted by atomic mass is 32.5. The van der Waals surface area contributed by atoms with E-state index in [9.17, 15) is 52.3 Å². The van der Waals surface area contributed by atoms with Crippen molar-refractivity contribution < 1.29 is 71.1 Å². The maximum atomic E-state index is 13.6. The Kier molecular flexibility index (Phi) is 8.07. The molecule has 1 heterocycles. The van der Waals surface area contributed by atoms with Gasteiger partial charge in [0, 0.05) is 12.5 Å².